The molecule has 0 aliphatic carbocycles. The lowest BCUT2D eigenvalue weighted by Crippen LogP contribution is -2.38. The molecule has 3 N–H and O–H groups in total. The first kappa shape index (κ1) is 26.1. The number of aryl methyl sites for hydroxylation is 1. The molecule has 1 atom stereocenters. The highest BCUT2D eigenvalue weighted by Gasteiger charge is 2.42. The van der Waals surface area contributed by atoms with Gasteiger partial charge in [-0.2, -0.15) is 0 Å². The number of carbonyl (C=O) groups excluding carboxylic acids is 2. The number of amides is 2. The number of rotatable bonds is 5. The molecule has 0 bridgehead atoms. The molecule has 2 aromatic heterocycles. The summed E-state index contributed by atoms with van der Waals surface area (Å²) < 4.78 is 17.2. The third kappa shape index (κ3) is 5.09. The van der Waals surface area contributed by atoms with Crippen molar-refractivity contribution in [3.05, 3.63) is 82.6 Å². The summed E-state index contributed by atoms with van der Waals surface area (Å²) in [5.41, 5.74) is 3.08. The van der Waals surface area contributed by atoms with Crippen LogP contribution in [-0.4, -0.2) is 49.4 Å². The maximum Gasteiger partial charge on any atom is 0.255 e. The molecule has 208 valence electrons. The fourth-order valence-electron chi connectivity index (χ4n) is 5.44. The number of phenolic OH excluding ortho intramolecular Hbond substituents is 1. The Bertz CT molecular complexity index is 1530. The van der Waals surface area contributed by atoms with Gasteiger partial charge in [0.15, 0.2) is 11.2 Å². The van der Waals surface area contributed by atoms with Crippen LogP contribution in [0.2, 0.25) is 0 Å². The maximum absolute atomic E-state index is 15.2. The number of imidazole rings is 1. The predicted molar refractivity (Wildman–Crippen MR) is 152 cm³/mol. The number of phenols is 1. The summed E-state index contributed by atoms with van der Waals surface area (Å²) in [7, 11) is 0. The van der Waals surface area contributed by atoms with Crippen LogP contribution < -0.4 is 10.6 Å². The van der Waals surface area contributed by atoms with Crippen molar-refractivity contribution in [3.8, 4) is 16.9 Å². The summed E-state index contributed by atoms with van der Waals surface area (Å²) in [6, 6.07) is 8.32. The van der Waals surface area contributed by atoms with Gasteiger partial charge >= 0.3 is 0 Å². The first-order valence-electron chi connectivity index (χ1n) is 13.4. The van der Waals surface area contributed by atoms with Gasteiger partial charge in [0.05, 0.1) is 18.6 Å². The summed E-state index contributed by atoms with van der Waals surface area (Å²) in [5.74, 6) is -1.29. The molecular formula is C29H31FN6O3S. The van der Waals surface area contributed by atoms with E-state index in [0.717, 1.165) is 25.1 Å². The minimum absolute atomic E-state index is 0. The number of halogens is 1. The van der Waals surface area contributed by atoms with Crippen LogP contribution in [0.5, 0.6) is 5.75 Å². The Morgan fingerprint density at radius 3 is 2.62 bits per heavy atom. The average molecular weight is 563 g/mol. The Labute approximate surface area is 236 Å². The normalized spacial score (nSPS) is 16.3. The van der Waals surface area contributed by atoms with Crippen LogP contribution in [0.4, 0.5) is 9.52 Å². The van der Waals surface area contributed by atoms with E-state index in [1.165, 1.54) is 60.4 Å². The lowest BCUT2D eigenvalue weighted by Gasteiger charge is -2.26. The van der Waals surface area contributed by atoms with Crippen molar-refractivity contribution in [2.45, 2.75) is 44.8 Å². The summed E-state index contributed by atoms with van der Waals surface area (Å²) in [4.78, 5) is 37.1. The highest BCUT2D eigenvalue weighted by molar-refractivity contribution is 7.13. The Kier molecular flexibility index (Phi) is 7.31. The summed E-state index contributed by atoms with van der Waals surface area (Å²) >= 11 is 1.28. The molecule has 4 aromatic rings. The van der Waals surface area contributed by atoms with Gasteiger partial charge in [-0.1, -0.05) is 12.1 Å². The molecule has 7 rings (SSSR count). The van der Waals surface area contributed by atoms with E-state index in [2.05, 4.69) is 20.6 Å². The number of carbonyl (C=O) groups is 2. The van der Waals surface area contributed by atoms with E-state index in [9.17, 15) is 14.7 Å². The molecule has 1 unspecified atom stereocenters. The number of hydrogen-bond acceptors (Lipinski definition) is 7. The second-order valence-corrected chi connectivity index (χ2v) is 10.9. The molecule has 40 heavy (non-hydrogen) atoms. The van der Waals surface area contributed by atoms with Gasteiger partial charge in [-0.3, -0.25) is 14.9 Å². The van der Waals surface area contributed by atoms with E-state index < -0.39 is 23.7 Å². The minimum atomic E-state index is -1.02. The third-order valence-corrected chi connectivity index (χ3v) is 8.13. The lowest BCUT2D eigenvalue weighted by molar-refractivity contribution is -0.121. The van der Waals surface area contributed by atoms with Crippen LogP contribution in [0.25, 0.3) is 11.1 Å². The number of anilines is 1. The summed E-state index contributed by atoms with van der Waals surface area (Å²) in [6.45, 7) is 3.26. The van der Waals surface area contributed by atoms with Crippen LogP contribution in [0.1, 0.15) is 54.0 Å². The smallest absolute Gasteiger partial charge is 0.255 e. The first-order chi connectivity index (χ1) is 19.5. The Balaban J connectivity index is 0.000000510. The zero-order valence-corrected chi connectivity index (χ0v) is 22.6. The standard InChI is InChI=1S/C25H20FN5O3S.C4H9N.H2/c26-19-11-15(14-3-5-16(32)6-4-14)10-17-18(19)12-31(24(17)34)22(23(33)29-25-27-7-9-35-25)21-20-2-1-8-30(20)13-28-21;1-2-4-5-3-1;/h3-7,9-11,13,22,32H,1-2,8,12H2,(H,27,29,33);5H,1-4H2;1H. The van der Waals surface area contributed by atoms with E-state index in [0.29, 0.717) is 22.0 Å². The number of benzene rings is 2. The average Bonchev–Trinajstić information content (AvgIpc) is 3.77. The molecule has 2 aromatic carbocycles. The van der Waals surface area contributed by atoms with Gasteiger partial charge in [0, 0.05) is 36.4 Å². The van der Waals surface area contributed by atoms with Crippen molar-refractivity contribution in [2.24, 2.45) is 0 Å². The molecule has 1 saturated heterocycles. The second kappa shape index (κ2) is 11.2. The maximum atomic E-state index is 15.2. The molecule has 3 aliphatic rings. The molecule has 9 nitrogen and oxygen atoms in total. The number of fused-ring (bicyclic) bond motifs is 2. The number of nitrogens with one attached hydrogen (secondary N) is 2. The molecule has 5 heterocycles. The SMILES string of the molecule is C1CCNC1.O=C(Nc1nccs1)C(c1ncn2c1CCC2)N1Cc2c(F)cc(-c3ccc(O)cc3)cc2C1=O.[HH]. The van der Waals surface area contributed by atoms with Crippen molar-refractivity contribution in [1.29, 1.82) is 0 Å². The van der Waals surface area contributed by atoms with Gasteiger partial charge < -0.3 is 19.9 Å². The minimum Gasteiger partial charge on any atom is -0.508 e. The number of thiazole rings is 1. The second-order valence-electron chi connectivity index (χ2n) is 10.0. The van der Waals surface area contributed by atoms with Gasteiger partial charge in [-0.15, -0.1) is 11.3 Å². The highest BCUT2D eigenvalue weighted by atomic mass is 32.1. The van der Waals surface area contributed by atoms with Crippen molar-refractivity contribution in [3.63, 3.8) is 0 Å². The molecule has 1 fully saturated rings. The molecular weight excluding hydrogens is 531 g/mol. The van der Waals surface area contributed by atoms with Crippen molar-refractivity contribution in [1.82, 2.24) is 24.8 Å². The van der Waals surface area contributed by atoms with Crippen molar-refractivity contribution in [2.75, 3.05) is 18.4 Å². The number of aromatic hydroxyl groups is 1. The topological polar surface area (TPSA) is 112 Å². The monoisotopic (exact) mass is 562 g/mol. The van der Waals surface area contributed by atoms with Crippen molar-refractivity contribution < 1.29 is 20.5 Å². The van der Waals surface area contributed by atoms with Gasteiger partial charge in [0.1, 0.15) is 11.6 Å². The highest BCUT2D eigenvalue weighted by Crippen LogP contribution is 2.38. The fourth-order valence-corrected chi connectivity index (χ4v) is 5.98. The van der Waals surface area contributed by atoms with E-state index in [1.807, 2.05) is 4.57 Å². The zero-order valence-electron chi connectivity index (χ0n) is 21.8. The van der Waals surface area contributed by atoms with E-state index in [-0.39, 0.29) is 24.8 Å². The van der Waals surface area contributed by atoms with E-state index in [4.69, 9.17) is 0 Å². The van der Waals surface area contributed by atoms with Crippen LogP contribution in [0.15, 0.2) is 54.3 Å². The summed E-state index contributed by atoms with van der Waals surface area (Å²) in [5, 5.41) is 17.7. The van der Waals surface area contributed by atoms with Gasteiger partial charge in [0.25, 0.3) is 11.8 Å². The van der Waals surface area contributed by atoms with Gasteiger partial charge in [0.2, 0.25) is 0 Å². The Hall–Kier alpha value is -4.09. The first-order valence-corrected chi connectivity index (χ1v) is 14.3. The Morgan fingerprint density at radius 1 is 1.12 bits per heavy atom. The quantitative estimate of drug-likeness (QED) is 0.324. The number of aromatic nitrogens is 3. The van der Waals surface area contributed by atoms with Gasteiger partial charge in [-0.05, 0) is 74.2 Å². The predicted octanol–water partition coefficient (Wildman–Crippen LogP) is 4.75. The molecule has 0 spiro atoms. The fraction of sp³-hybridized carbons (Fsp3) is 0.310. The largest absolute Gasteiger partial charge is 0.508 e. The van der Waals surface area contributed by atoms with E-state index >= 15 is 4.39 Å². The lowest BCUT2D eigenvalue weighted by atomic mass is 10.00. The molecule has 0 saturated carbocycles. The van der Waals surface area contributed by atoms with Crippen LogP contribution >= 0.6 is 11.3 Å². The molecule has 0 radical (unpaired) electrons. The number of hydrogen-bond donors (Lipinski definition) is 3. The zero-order chi connectivity index (χ0) is 27.6. The van der Waals surface area contributed by atoms with Crippen LogP contribution in [0, 0.1) is 5.82 Å². The van der Waals surface area contributed by atoms with Crippen LogP contribution in [0.3, 0.4) is 0 Å². The Morgan fingerprint density at radius 2 is 1.93 bits per heavy atom. The molecule has 11 heteroatoms. The summed E-state index contributed by atoms with van der Waals surface area (Å²) in [6.07, 6.45) is 7.74. The molecule has 3 aliphatic heterocycles. The number of nitrogens with zero attached hydrogens (tertiary/aromatic N) is 4. The van der Waals surface area contributed by atoms with Crippen LogP contribution in [-0.2, 0) is 24.3 Å². The molecule has 2 amide bonds. The van der Waals surface area contributed by atoms with E-state index in [1.54, 1.807) is 36.1 Å². The van der Waals surface area contributed by atoms with Crippen molar-refractivity contribution >= 4 is 28.3 Å². The third-order valence-electron chi connectivity index (χ3n) is 7.45. The van der Waals surface area contributed by atoms with Gasteiger partial charge in [-0.25, -0.2) is 14.4 Å².